The maximum atomic E-state index is 5.65. The lowest BCUT2D eigenvalue weighted by Gasteiger charge is -2.36. The SMILES string of the molecule is C[C@@H]1CCC[C@@H](C)C1NC[C@@H]1CCCO1. The molecule has 1 aliphatic heterocycles. The van der Waals surface area contributed by atoms with E-state index in [2.05, 4.69) is 19.2 Å². The Kier molecular flexibility index (Phi) is 4.04. The van der Waals surface area contributed by atoms with Crippen molar-refractivity contribution in [2.75, 3.05) is 13.2 Å². The highest BCUT2D eigenvalue weighted by atomic mass is 16.5. The van der Waals surface area contributed by atoms with Crippen molar-refractivity contribution in [3.63, 3.8) is 0 Å². The summed E-state index contributed by atoms with van der Waals surface area (Å²) in [6.07, 6.45) is 7.21. The third kappa shape index (κ3) is 2.94. The molecule has 0 aromatic heterocycles. The first kappa shape index (κ1) is 11.4. The van der Waals surface area contributed by atoms with Gasteiger partial charge in [0.05, 0.1) is 6.10 Å². The van der Waals surface area contributed by atoms with Crippen molar-refractivity contribution >= 4 is 0 Å². The van der Waals surface area contributed by atoms with Gasteiger partial charge in [-0.15, -0.1) is 0 Å². The number of hydrogen-bond donors (Lipinski definition) is 1. The summed E-state index contributed by atoms with van der Waals surface area (Å²) >= 11 is 0. The molecule has 1 saturated heterocycles. The second-order valence-corrected chi connectivity index (χ2v) is 5.45. The van der Waals surface area contributed by atoms with Gasteiger partial charge in [-0.3, -0.25) is 0 Å². The zero-order valence-corrected chi connectivity index (χ0v) is 10.2. The molecule has 0 aromatic rings. The maximum absolute atomic E-state index is 5.65. The molecule has 1 heterocycles. The van der Waals surface area contributed by atoms with Crippen LogP contribution in [0.3, 0.4) is 0 Å². The molecule has 2 heteroatoms. The van der Waals surface area contributed by atoms with E-state index in [0.717, 1.165) is 31.0 Å². The van der Waals surface area contributed by atoms with Gasteiger partial charge in [0, 0.05) is 19.2 Å². The molecule has 0 bridgehead atoms. The quantitative estimate of drug-likeness (QED) is 0.774. The molecule has 3 atom stereocenters. The highest BCUT2D eigenvalue weighted by Gasteiger charge is 2.28. The Morgan fingerprint density at radius 3 is 2.40 bits per heavy atom. The maximum Gasteiger partial charge on any atom is 0.0700 e. The molecule has 2 nitrogen and oxygen atoms in total. The molecule has 0 amide bonds. The molecule has 88 valence electrons. The summed E-state index contributed by atoms with van der Waals surface area (Å²) in [5.41, 5.74) is 0. The van der Waals surface area contributed by atoms with Crippen LogP contribution in [0, 0.1) is 11.8 Å². The van der Waals surface area contributed by atoms with Crippen LogP contribution in [0.15, 0.2) is 0 Å². The fourth-order valence-corrected chi connectivity index (χ4v) is 3.16. The molecule has 0 radical (unpaired) electrons. The van der Waals surface area contributed by atoms with Crippen molar-refractivity contribution in [3.8, 4) is 0 Å². The van der Waals surface area contributed by atoms with Crippen LogP contribution in [0.5, 0.6) is 0 Å². The lowest BCUT2D eigenvalue weighted by Crippen LogP contribution is -2.45. The Labute approximate surface area is 93.8 Å². The van der Waals surface area contributed by atoms with Crippen LogP contribution in [-0.2, 0) is 4.74 Å². The predicted octanol–water partition coefficient (Wildman–Crippen LogP) is 2.58. The van der Waals surface area contributed by atoms with Crippen molar-refractivity contribution in [3.05, 3.63) is 0 Å². The van der Waals surface area contributed by atoms with Crippen LogP contribution in [0.25, 0.3) is 0 Å². The number of ether oxygens (including phenoxy) is 1. The first-order valence-corrected chi connectivity index (χ1v) is 6.62. The summed E-state index contributed by atoms with van der Waals surface area (Å²) in [6, 6.07) is 0.725. The van der Waals surface area contributed by atoms with Crippen LogP contribution >= 0.6 is 0 Å². The van der Waals surface area contributed by atoms with E-state index in [0.29, 0.717) is 6.10 Å². The van der Waals surface area contributed by atoms with Gasteiger partial charge in [-0.2, -0.15) is 0 Å². The van der Waals surface area contributed by atoms with E-state index in [1.807, 2.05) is 0 Å². The summed E-state index contributed by atoms with van der Waals surface area (Å²) in [5, 5.41) is 3.74. The molecule has 2 aliphatic rings. The fraction of sp³-hybridized carbons (Fsp3) is 1.00. The Hall–Kier alpha value is -0.0800. The van der Waals surface area contributed by atoms with E-state index in [4.69, 9.17) is 4.74 Å². The Morgan fingerprint density at radius 2 is 1.80 bits per heavy atom. The summed E-state index contributed by atoms with van der Waals surface area (Å²) in [6.45, 7) is 6.83. The van der Waals surface area contributed by atoms with Gasteiger partial charge in [0.1, 0.15) is 0 Å². The topological polar surface area (TPSA) is 21.3 Å². The van der Waals surface area contributed by atoms with Crippen molar-refractivity contribution in [1.29, 1.82) is 0 Å². The smallest absolute Gasteiger partial charge is 0.0700 e. The van der Waals surface area contributed by atoms with E-state index in [1.54, 1.807) is 0 Å². The third-order valence-electron chi connectivity index (χ3n) is 4.15. The van der Waals surface area contributed by atoms with Crippen LogP contribution in [-0.4, -0.2) is 25.3 Å². The second-order valence-electron chi connectivity index (χ2n) is 5.45. The van der Waals surface area contributed by atoms with Crippen LogP contribution in [0.2, 0.25) is 0 Å². The zero-order chi connectivity index (χ0) is 10.7. The van der Waals surface area contributed by atoms with Gasteiger partial charge in [-0.25, -0.2) is 0 Å². The first-order chi connectivity index (χ1) is 7.27. The van der Waals surface area contributed by atoms with E-state index in [1.165, 1.54) is 32.1 Å². The number of hydrogen-bond acceptors (Lipinski definition) is 2. The monoisotopic (exact) mass is 211 g/mol. The van der Waals surface area contributed by atoms with Crippen molar-refractivity contribution in [1.82, 2.24) is 5.32 Å². The highest BCUT2D eigenvalue weighted by molar-refractivity contribution is 4.84. The standard InChI is InChI=1S/C13H25NO/c1-10-5-3-6-11(2)13(10)14-9-12-7-4-8-15-12/h10-14H,3-9H2,1-2H3/t10-,11-,12+/m1/s1. The van der Waals surface area contributed by atoms with E-state index < -0.39 is 0 Å². The summed E-state index contributed by atoms with van der Waals surface area (Å²) in [4.78, 5) is 0. The molecular formula is C13H25NO. The zero-order valence-electron chi connectivity index (χ0n) is 10.2. The molecule has 1 aliphatic carbocycles. The number of nitrogens with one attached hydrogen (secondary N) is 1. The average Bonchev–Trinajstić information content (AvgIpc) is 2.70. The molecule has 2 rings (SSSR count). The molecule has 0 unspecified atom stereocenters. The normalized spacial score (nSPS) is 38.4. The molecule has 0 spiro atoms. The Bertz CT molecular complexity index is 179. The van der Waals surface area contributed by atoms with Crippen LogP contribution in [0.1, 0.15) is 46.0 Å². The third-order valence-corrected chi connectivity index (χ3v) is 4.15. The second kappa shape index (κ2) is 5.31. The molecule has 1 saturated carbocycles. The van der Waals surface area contributed by atoms with Crippen molar-refractivity contribution in [2.24, 2.45) is 11.8 Å². The van der Waals surface area contributed by atoms with Crippen LogP contribution in [0.4, 0.5) is 0 Å². The minimum Gasteiger partial charge on any atom is -0.377 e. The minimum atomic E-state index is 0.492. The van der Waals surface area contributed by atoms with Gasteiger partial charge in [-0.1, -0.05) is 20.3 Å². The summed E-state index contributed by atoms with van der Waals surface area (Å²) < 4.78 is 5.65. The van der Waals surface area contributed by atoms with Crippen LogP contribution < -0.4 is 5.32 Å². The van der Waals surface area contributed by atoms with E-state index in [9.17, 15) is 0 Å². The van der Waals surface area contributed by atoms with E-state index >= 15 is 0 Å². The van der Waals surface area contributed by atoms with Gasteiger partial charge >= 0.3 is 0 Å². The lowest BCUT2D eigenvalue weighted by molar-refractivity contribution is 0.0968. The van der Waals surface area contributed by atoms with Gasteiger partial charge in [0.25, 0.3) is 0 Å². The Morgan fingerprint density at radius 1 is 1.07 bits per heavy atom. The van der Waals surface area contributed by atoms with Gasteiger partial charge in [0.2, 0.25) is 0 Å². The highest BCUT2D eigenvalue weighted by Crippen LogP contribution is 2.28. The van der Waals surface area contributed by atoms with Gasteiger partial charge in [0.15, 0.2) is 0 Å². The van der Waals surface area contributed by atoms with E-state index in [-0.39, 0.29) is 0 Å². The molecule has 2 fully saturated rings. The largest absolute Gasteiger partial charge is 0.377 e. The fourth-order valence-electron chi connectivity index (χ4n) is 3.16. The lowest BCUT2D eigenvalue weighted by atomic mass is 9.78. The van der Waals surface area contributed by atoms with Crippen molar-refractivity contribution in [2.45, 2.75) is 58.1 Å². The molecule has 15 heavy (non-hydrogen) atoms. The summed E-state index contributed by atoms with van der Waals surface area (Å²) in [7, 11) is 0. The molecule has 0 aromatic carbocycles. The molecular weight excluding hydrogens is 186 g/mol. The predicted molar refractivity (Wildman–Crippen MR) is 62.9 cm³/mol. The first-order valence-electron chi connectivity index (χ1n) is 6.62. The summed E-state index contributed by atoms with van der Waals surface area (Å²) in [5.74, 6) is 1.69. The van der Waals surface area contributed by atoms with Crippen molar-refractivity contribution < 1.29 is 4.74 Å². The average molecular weight is 211 g/mol. The molecule has 1 N–H and O–H groups in total. The number of rotatable bonds is 3. The Balaban J connectivity index is 1.75. The van der Waals surface area contributed by atoms with Gasteiger partial charge < -0.3 is 10.1 Å². The minimum absolute atomic E-state index is 0.492. The van der Waals surface area contributed by atoms with Gasteiger partial charge in [-0.05, 0) is 37.5 Å².